The summed E-state index contributed by atoms with van der Waals surface area (Å²) in [7, 11) is 0. The number of benzene rings is 2. The van der Waals surface area contributed by atoms with Gasteiger partial charge >= 0.3 is 0 Å². The van der Waals surface area contributed by atoms with E-state index in [-0.39, 0.29) is 11.7 Å². The molecule has 0 atom stereocenters. The van der Waals surface area contributed by atoms with E-state index in [1.165, 1.54) is 23.1 Å². The summed E-state index contributed by atoms with van der Waals surface area (Å²) >= 11 is 6.21. The summed E-state index contributed by atoms with van der Waals surface area (Å²) in [5.74, 6) is 0.698. The summed E-state index contributed by atoms with van der Waals surface area (Å²) < 4.78 is 7.20. The molecule has 0 aliphatic heterocycles. The lowest BCUT2D eigenvalue weighted by Crippen LogP contribution is -2.19. The Kier molecular flexibility index (Phi) is 7.58. The minimum atomic E-state index is -0.217. The zero-order valence-electron chi connectivity index (χ0n) is 15.0. The Bertz CT molecular complexity index is 964. The molecule has 28 heavy (non-hydrogen) atoms. The number of carbonyl (C=O) groups excluding carboxylic acids is 1. The second-order valence-electron chi connectivity index (χ2n) is 5.44. The minimum Gasteiger partial charge on any atom is -0.493 e. The third kappa shape index (κ3) is 5.88. The fourth-order valence-corrected chi connectivity index (χ4v) is 4.23. The summed E-state index contributed by atoms with van der Waals surface area (Å²) in [5.41, 5.74) is 4.32. The number of aromatic nitrogens is 2. The van der Waals surface area contributed by atoms with E-state index in [9.17, 15) is 4.79 Å². The number of rotatable bonds is 8. The van der Waals surface area contributed by atoms with E-state index >= 15 is 0 Å². The van der Waals surface area contributed by atoms with E-state index in [1.807, 2.05) is 55.5 Å². The van der Waals surface area contributed by atoms with Crippen LogP contribution in [0.25, 0.3) is 10.6 Å². The minimum absolute atomic E-state index is 0.206. The molecule has 0 aliphatic carbocycles. The third-order valence-electron chi connectivity index (χ3n) is 3.42. The molecule has 0 aliphatic rings. The Labute approximate surface area is 179 Å². The van der Waals surface area contributed by atoms with Gasteiger partial charge in [-0.1, -0.05) is 69.4 Å². The molecule has 1 amide bonds. The van der Waals surface area contributed by atoms with Crippen LogP contribution in [0.3, 0.4) is 0 Å². The van der Waals surface area contributed by atoms with Gasteiger partial charge in [-0.05, 0) is 25.1 Å². The van der Waals surface area contributed by atoms with Gasteiger partial charge in [-0.15, -0.1) is 10.2 Å². The van der Waals surface area contributed by atoms with Crippen molar-refractivity contribution in [1.82, 2.24) is 15.6 Å². The van der Waals surface area contributed by atoms with Gasteiger partial charge < -0.3 is 4.74 Å². The van der Waals surface area contributed by atoms with Gasteiger partial charge in [0.15, 0.2) is 4.34 Å². The Morgan fingerprint density at radius 2 is 2.11 bits per heavy atom. The summed E-state index contributed by atoms with van der Waals surface area (Å²) in [4.78, 5) is 12.0. The fourth-order valence-electron chi connectivity index (χ4n) is 2.21. The standard InChI is InChI=1S/C19H17BrN4O2S2/c1-2-26-16-9-8-15(20)10-14(16)11-21-22-17(25)12-27-19-24-23-18(28-19)13-6-4-3-5-7-13/h3-11H,2,12H2,1H3,(H,22,25)/b21-11+. The van der Waals surface area contributed by atoms with Crippen molar-refractivity contribution in [3.8, 4) is 16.3 Å². The second-order valence-corrected chi connectivity index (χ2v) is 8.55. The summed E-state index contributed by atoms with van der Waals surface area (Å²) in [6.07, 6.45) is 1.57. The van der Waals surface area contributed by atoms with Crippen molar-refractivity contribution < 1.29 is 9.53 Å². The van der Waals surface area contributed by atoms with Crippen molar-refractivity contribution >= 4 is 51.2 Å². The summed E-state index contributed by atoms with van der Waals surface area (Å²) in [6, 6.07) is 15.5. The molecular formula is C19H17BrN4O2S2. The molecule has 1 aromatic heterocycles. The van der Waals surface area contributed by atoms with Crippen LogP contribution in [0.1, 0.15) is 12.5 Å². The molecule has 0 spiro atoms. The number of ether oxygens (including phenoxy) is 1. The molecule has 0 saturated carbocycles. The highest BCUT2D eigenvalue weighted by atomic mass is 79.9. The number of hydrogen-bond donors (Lipinski definition) is 1. The quantitative estimate of drug-likeness (QED) is 0.291. The topological polar surface area (TPSA) is 76.5 Å². The van der Waals surface area contributed by atoms with Crippen molar-refractivity contribution in [2.45, 2.75) is 11.3 Å². The molecule has 0 fully saturated rings. The van der Waals surface area contributed by atoms with Crippen LogP contribution in [0.5, 0.6) is 5.75 Å². The number of halogens is 1. The second kappa shape index (κ2) is 10.4. The van der Waals surface area contributed by atoms with Gasteiger partial charge in [0.05, 0.1) is 18.6 Å². The van der Waals surface area contributed by atoms with E-state index in [1.54, 1.807) is 6.21 Å². The number of nitrogens with zero attached hydrogens (tertiary/aromatic N) is 3. The molecule has 0 bridgehead atoms. The molecule has 9 heteroatoms. The van der Waals surface area contributed by atoms with E-state index in [4.69, 9.17) is 4.74 Å². The summed E-state index contributed by atoms with van der Waals surface area (Å²) in [6.45, 7) is 2.47. The fraction of sp³-hybridized carbons (Fsp3) is 0.158. The van der Waals surface area contributed by atoms with Crippen LogP contribution in [0, 0.1) is 0 Å². The summed E-state index contributed by atoms with van der Waals surface area (Å²) in [5, 5.41) is 13.1. The van der Waals surface area contributed by atoms with Crippen LogP contribution in [-0.2, 0) is 4.79 Å². The van der Waals surface area contributed by atoms with E-state index in [0.717, 1.165) is 24.9 Å². The van der Waals surface area contributed by atoms with Crippen LogP contribution >= 0.6 is 39.0 Å². The Morgan fingerprint density at radius 1 is 1.29 bits per heavy atom. The van der Waals surface area contributed by atoms with Crippen LogP contribution in [0.2, 0.25) is 0 Å². The van der Waals surface area contributed by atoms with E-state index < -0.39 is 0 Å². The Balaban J connectivity index is 1.52. The molecule has 0 radical (unpaired) electrons. The van der Waals surface area contributed by atoms with Gasteiger partial charge in [0, 0.05) is 15.6 Å². The van der Waals surface area contributed by atoms with Crippen LogP contribution in [-0.4, -0.2) is 34.7 Å². The van der Waals surface area contributed by atoms with Gasteiger partial charge in [0.2, 0.25) is 0 Å². The van der Waals surface area contributed by atoms with Crippen molar-refractivity contribution in [3.05, 3.63) is 58.6 Å². The van der Waals surface area contributed by atoms with Gasteiger partial charge in [0.25, 0.3) is 5.91 Å². The van der Waals surface area contributed by atoms with Crippen LogP contribution in [0.15, 0.2) is 62.4 Å². The average molecular weight is 477 g/mol. The Morgan fingerprint density at radius 3 is 2.89 bits per heavy atom. The van der Waals surface area contributed by atoms with Crippen LogP contribution < -0.4 is 10.2 Å². The predicted octanol–water partition coefficient (Wildman–Crippen LogP) is 4.61. The maximum Gasteiger partial charge on any atom is 0.250 e. The molecule has 1 heterocycles. The van der Waals surface area contributed by atoms with Crippen molar-refractivity contribution in [2.24, 2.45) is 5.10 Å². The number of amides is 1. The van der Waals surface area contributed by atoms with Gasteiger partial charge in [-0.3, -0.25) is 4.79 Å². The third-order valence-corrected chi connectivity index (χ3v) is 6.02. The Hall–Kier alpha value is -2.23. The molecule has 3 rings (SSSR count). The molecule has 144 valence electrons. The van der Waals surface area contributed by atoms with E-state index in [2.05, 4.69) is 36.7 Å². The number of hydrogen-bond acceptors (Lipinski definition) is 7. The van der Waals surface area contributed by atoms with Crippen molar-refractivity contribution in [3.63, 3.8) is 0 Å². The normalized spacial score (nSPS) is 10.9. The van der Waals surface area contributed by atoms with Crippen molar-refractivity contribution in [2.75, 3.05) is 12.4 Å². The van der Waals surface area contributed by atoms with Gasteiger partial charge in [0.1, 0.15) is 10.8 Å². The molecule has 6 nitrogen and oxygen atoms in total. The van der Waals surface area contributed by atoms with Crippen molar-refractivity contribution in [1.29, 1.82) is 0 Å². The first kappa shape index (κ1) is 20.5. The first-order valence-corrected chi connectivity index (χ1v) is 11.0. The van der Waals surface area contributed by atoms with Gasteiger partial charge in [-0.25, -0.2) is 5.43 Å². The number of carbonyl (C=O) groups is 1. The maximum absolute atomic E-state index is 12.0. The first-order chi connectivity index (χ1) is 13.7. The lowest BCUT2D eigenvalue weighted by molar-refractivity contribution is -0.118. The maximum atomic E-state index is 12.0. The zero-order valence-corrected chi connectivity index (χ0v) is 18.2. The number of thioether (sulfide) groups is 1. The monoisotopic (exact) mass is 476 g/mol. The molecule has 1 N–H and O–H groups in total. The molecule has 2 aromatic carbocycles. The lowest BCUT2D eigenvalue weighted by Gasteiger charge is -2.07. The lowest BCUT2D eigenvalue weighted by atomic mass is 10.2. The number of hydrazone groups is 1. The molecule has 3 aromatic rings. The van der Waals surface area contributed by atoms with E-state index in [0.29, 0.717) is 12.4 Å². The number of nitrogens with one attached hydrogen (secondary N) is 1. The SMILES string of the molecule is CCOc1ccc(Br)cc1/C=N/NC(=O)CSc1nnc(-c2ccccc2)s1. The molecular weight excluding hydrogens is 460 g/mol. The largest absolute Gasteiger partial charge is 0.493 e. The highest BCUT2D eigenvalue weighted by molar-refractivity contribution is 9.10. The zero-order chi connectivity index (χ0) is 19.8. The highest BCUT2D eigenvalue weighted by Gasteiger charge is 2.09. The average Bonchev–Trinajstić information content (AvgIpc) is 3.18. The highest BCUT2D eigenvalue weighted by Crippen LogP contribution is 2.29. The molecule has 0 saturated heterocycles. The van der Waals surface area contributed by atoms with Crippen LogP contribution in [0.4, 0.5) is 0 Å². The van der Waals surface area contributed by atoms with Gasteiger partial charge in [-0.2, -0.15) is 5.10 Å². The first-order valence-electron chi connectivity index (χ1n) is 8.41. The molecule has 0 unspecified atom stereocenters. The smallest absolute Gasteiger partial charge is 0.250 e. The predicted molar refractivity (Wildman–Crippen MR) is 117 cm³/mol.